The lowest BCUT2D eigenvalue weighted by Gasteiger charge is -2.18. The Labute approximate surface area is 147 Å². The number of hydrogen-bond donors (Lipinski definition) is 2. The number of halogens is 1. The van der Waals surface area contributed by atoms with Crippen LogP contribution < -0.4 is 10.6 Å². The van der Waals surface area contributed by atoms with Crippen LogP contribution >= 0.6 is 11.6 Å². The molecule has 1 atom stereocenters. The van der Waals surface area contributed by atoms with Crippen molar-refractivity contribution in [3.05, 3.63) is 70.7 Å². The lowest BCUT2D eigenvalue weighted by Crippen LogP contribution is -2.33. The van der Waals surface area contributed by atoms with Gasteiger partial charge in [0.1, 0.15) is 0 Å². The predicted molar refractivity (Wildman–Crippen MR) is 95.8 cm³/mol. The zero-order valence-electron chi connectivity index (χ0n) is 13.6. The average Bonchev–Trinajstić information content (AvgIpc) is 2.55. The molecule has 2 aromatic rings. The summed E-state index contributed by atoms with van der Waals surface area (Å²) in [7, 11) is 0. The molecule has 0 spiro atoms. The van der Waals surface area contributed by atoms with Crippen LogP contribution in [0.2, 0.25) is 5.02 Å². The van der Waals surface area contributed by atoms with Crippen LogP contribution in [0, 0.1) is 0 Å². The Hall–Kier alpha value is -2.33. The molecule has 0 bridgehead atoms. The van der Waals surface area contributed by atoms with Gasteiger partial charge in [0.15, 0.2) is 0 Å². The number of hydrogen-bond acceptors (Lipinski definition) is 2. The summed E-state index contributed by atoms with van der Waals surface area (Å²) in [6.45, 7) is 2.00. The smallest absolute Gasteiger partial charge is 0.222 e. The average molecular weight is 345 g/mol. The molecule has 0 saturated heterocycles. The van der Waals surface area contributed by atoms with Crippen LogP contribution in [-0.4, -0.2) is 18.4 Å². The Morgan fingerprint density at radius 1 is 1.08 bits per heavy atom. The third-order valence-electron chi connectivity index (χ3n) is 3.60. The summed E-state index contributed by atoms with van der Waals surface area (Å²) in [5, 5.41) is 6.28. The van der Waals surface area contributed by atoms with Crippen LogP contribution in [0.3, 0.4) is 0 Å². The van der Waals surface area contributed by atoms with Gasteiger partial charge in [-0.3, -0.25) is 9.59 Å². The van der Waals surface area contributed by atoms with Crippen molar-refractivity contribution in [1.82, 2.24) is 10.6 Å². The molecule has 0 aliphatic heterocycles. The van der Waals surface area contributed by atoms with Crippen LogP contribution in [0.25, 0.3) is 0 Å². The summed E-state index contributed by atoms with van der Waals surface area (Å²) >= 11 is 6.00. The van der Waals surface area contributed by atoms with E-state index in [0.717, 1.165) is 12.0 Å². The summed E-state index contributed by atoms with van der Waals surface area (Å²) in [6.07, 6.45) is 0.948. The lowest BCUT2D eigenvalue weighted by molar-refractivity contribution is -0.122. The third kappa shape index (κ3) is 6.05. The van der Waals surface area contributed by atoms with Crippen LogP contribution in [0.1, 0.15) is 30.5 Å². The quantitative estimate of drug-likeness (QED) is 0.810. The van der Waals surface area contributed by atoms with E-state index in [1.54, 1.807) is 18.2 Å². The zero-order chi connectivity index (χ0) is 17.4. The maximum Gasteiger partial charge on any atom is 0.222 e. The molecular weight excluding hydrogens is 324 g/mol. The van der Waals surface area contributed by atoms with E-state index >= 15 is 0 Å². The summed E-state index contributed by atoms with van der Waals surface area (Å²) in [5.74, 6) is -0.290. The zero-order valence-corrected chi connectivity index (χ0v) is 14.3. The maximum atomic E-state index is 12.2. The number of carbonyl (C=O) groups excluding carboxylic acids is 2. The molecule has 2 N–H and O–H groups in total. The third-order valence-corrected chi connectivity index (χ3v) is 3.83. The van der Waals surface area contributed by atoms with Gasteiger partial charge in [0, 0.05) is 18.5 Å². The van der Waals surface area contributed by atoms with E-state index in [2.05, 4.69) is 10.6 Å². The maximum absolute atomic E-state index is 12.2. The van der Waals surface area contributed by atoms with Crippen molar-refractivity contribution in [1.29, 1.82) is 0 Å². The van der Waals surface area contributed by atoms with Gasteiger partial charge in [-0.25, -0.2) is 0 Å². The highest BCUT2D eigenvalue weighted by Gasteiger charge is 2.17. The fraction of sp³-hybridized carbons (Fsp3) is 0.263. The van der Waals surface area contributed by atoms with Crippen molar-refractivity contribution in [2.24, 2.45) is 0 Å². The first-order chi connectivity index (χ1) is 11.5. The number of carbonyl (C=O) groups is 2. The highest BCUT2D eigenvalue weighted by molar-refractivity contribution is 6.30. The first-order valence-electron chi connectivity index (χ1n) is 7.88. The van der Waals surface area contributed by atoms with E-state index in [9.17, 15) is 9.59 Å². The molecule has 4 nitrogen and oxygen atoms in total. The first-order valence-corrected chi connectivity index (χ1v) is 8.25. The van der Waals surface area contributed by atoms with Gasteiger partial charge < -0.3 is 10.6 Å². The minimum absolute atomic E-state index is 0.107. The SMILES string of the molecule is CC(=O)NC(CC(=O)NCCc1ccccc1)c1cccc(Cl)c1. The van der Waals surface area contributed by atoms with Crippen LogP contribution in [0.5, 0.6) is 0 Å². The lowest BCUT2D eigenvalue weighted by atomic mass is 10.0. The minimum atomic E-state index is -0.391. The molecular formula is C19H21ClN2O2. The molecule has 2 aromatic carbocycles. The predicted octanol–water partition coefficient (Wildman–Crippen LogP) is 3.27. The van der Waals surface area contributed by atoms with Gasteiger partial charge in [0.2, 0.25) is 11.8 Å². The monoisotopic (exact) mass is 344 g/mol. The molecule has 0 radical (unpaired) electrons. The van der Waals surface area contributed by atoms with Gasteiger partial charge in [-0.1, -0.05) is 54.1 Å². The largest absolute Gasteiger partial charge is 0.356 e. The van der Waals surface area contributed by atoms with Gasteiger partial charge in [-0.2, -0.15) is 0 Å². The van der Waals surface area contributed by atoms with Crippen molar-refractivity contribution in [3.8, 4) is 0 Å². The Kier molecular flexibility index (Phi) is 6.82. The Morgan fingerprint density at radius 2 is 1.83 bits per heavy atom. The first kappa shape index (κ1) is 18.0. The molecule has 0 heterocycles. The summed E-state index contributed by atoms with van der Waals surface area (Å²) in [5.41, 5.74) is 1.99. The second kappa shape index (κ2) is 9.08. The number of benzene rings is 2. The summed E-state index contributed by atoms with van der Waals surface area (Å²) in [4.78, 5) is 23.6. The molecule has 0 aromatic heterocycles. The molecule has 5 heteroatoms. The molecule has 0 aliphatic carbocycles. The molecule has 2 amide bonds. The van der Waals surface area contributed by atoms with E-state index in [4.69, 9.17) is 11.6 Å². The van der Waals surface area contributed by atoms with Crippen molar-refractivity contribution >= 4 is 23.4 Å². The Balaban J connectivity index is 1.91. The number of nitrogens with one attached hydrogen (secondary N) is 2. The summed E-state index contributed by atoms with van der Waals surface area (Å²) < 4.78 is 0. The number of amides is 2. The molecule has 126 valence electrons. The van der Waals surface area contributed by atoms with Crippen molar-refractivity contribution < 1.29 is 9.59 Å². The van der Waals surface area contributed by atoms with Gasteiger partial charge in [0.05, 0.1) is 12.5 Å². The standard InChI is InChI=1S/C19H21ClN2O2/c1-14(23)22-18(16-8-5-9-17(20)12-16)13-19(24)21-11-10-15-6-3-2-4-7-15/h2-9,12,18H,10-11,13H2,1H3,(H,21,24)(H,22,23). The molecule has 1 unspecified atom stereocenters. The molecule has 0 fully saturated rings. The van der Waals surface area contributed by atoms with Gasteiger partial charge >= 0.3 is 0 Å². The van der Waals surface area contributed by atoms with Crippen LogP contribution in [-0.2, 0) is 16.0 Å². The Morgan fingerprint density at radius 3 is 2.50 bits per heavy atom. The normalized spacial score (nSPS) is 11.6. The van der Waals surface area contributed by atoms with Gasteiger partial charge in [-0.05, 0) is 29.7 Å². The highest BCUT2D eigenvalue weighted by Crippen LogP contribution is 2.20. The molecule has 0 aliphatic rings. The van der Waals surface area contributed by atoms with Crippen LogP contribution in [0.15, 0.2) is 54.6 Å². The second-order valence-electron chi connectivity index (χ2n) is 5.60. The van der Waals surface area contributed by atoms with Crippen molar-refractivity contribution in [3.63, 3.8) is 0 Å². The fourth-order valence-electron chi connectivity index (χ4n) is 2.47. The van der Waals surface area contributed by atoms with E-state index in [0.29, 0.717) is 11.6 Å². The highest BCUT2D eigenvalue weighted by atomic mass is 35.5. The van der Waals surface area contributed by atoms with E-state index in [-0.39, 0.29) is 18.2 Å². The topological polar surface area (TPSA) is 58.2 Å². The fourth-order valence-corrected chi connectivity index (χ4v) is 2.67. The molecule has 24 heavy (non-hydrogen) atoms. The molecule has 2 rings (SSSR count). The van der Waals surface area contributed by atoms with E-state index in [1.807, 2.05) is 36.4 Å². The Bertz CT molecular complexity index is 689. The van der Waals surface area contributed by atoms with E-state index in [1.165, 1.54) is 12.5 Å². The number of rotatable bonds is 7. The van der Waals surface area contributed by atoms with Crippen molar-refractivity contribution in [2.75, 3.05) is 6.54 Å². The van der Waals surface area contributed by atoms with Gasteiger partial charge in [0.25, 0.3) is 0 Å². The van der Waals surface area contributed by atoms with Gasteiger partial charge in [-0.15, -0.1) is 0 Å². The molecule has 0 saturated carbocycles. The van der Waals surface area contributed by atoms with Crippen molar-refractivity contribution in [2.45, 2.75) is 25.8 Å². The minimum Gasteiger partial charge on any atom is -0.356 e. The summed E-state index contributed by atoms with van der Waals surface area (Å²) in [6, 6.07) is 16.8. The van der Waals surface area contributed by atoms with E-state index < -0.39 is 6.04 Å². The second-order valence-corrected chi connectivity index (χ2v) is 6.03. The van der Waals surface area contributed by atoms with Crippen LogP contribution in [0.4, 0.5) is 0 Å².